The smallest absolute Gasteiger partial charge is 0.268 e. The first-order valence-electron chi connectivity index (χ1n) is 5.34. The summed E-state index contributed by atoms with van der Waals surface area (Å²) in [6.07, 6.45) is 8.07. The minimum Gasteiger partial charge on any atom is -0.268 e. The zero-order valence-corrected chi connectivity index (χ0v) is 11.1. The molecule has 0 aromatic heterocycles. The van der Waals surface area contributed by atoms with Crippen LogP contribution in [0.25, 0.3) is 0 Å². The minimum absolute atomic E-state index is 0.444. The lowest BCUT2D eigenvalue weighted by Gasteiger charge is -2.00. The molecule has 1 rings (SSSR count). The molecule has 0 heterocycles. The van der Waals surface area contributed by atoms with Gasteiger partial charge in [-0.3, -0.25) is 4.28 Å². The van der Waals surface area contributed by atoms with Crippen LogP contribution in [0, 0.1) is 0 Å². The largest absolute Gasteiger partial charge is 0.325 e. The minimum atomic E-state index is -3.60. The van der Waals surface area contributed by atoms with Gasteiger partial charge < -0.3 is 0 Å². The van der Waals surface area contributed by atoms with Gasteiger partial charge in [0.15, 0.2) is 0 Å². The molecular formula is C13H15NO3S. The Morgan fingerprint density at radius 3 is 2.44 bits per heavy atom. The summed E-state index contributed by atoms with van der Waals surface area (Å²) < 4.78 is 26.3. The lowest BCUT2D eigenvalue weighted by molar-refractivity contribution is 0.344. The Morgan fingerprint density at radius 1 is 1.22 bits per heavy atom. The molecule has 0 aliphatic heterocycles. The predicted molar refractivity (Wildman–Crippen MR) is 72.9 cm³/mol. The number of nitrogens with zero attached hydrogens (tertiary/aromatic N) is 1. The standard InChI is InChI=1S/C13H15NO3S/c1-3-4-6-11-13(14-17-18(2,15)16)12-9-7-5-8-10-12/h3-11H,1-2H3/b4-3+,11-6-,14-13+. The van der Waals surface area contributed by atoms with Gasteiger partial charge in [0.1, 0.15) is 5.71 Å². The number of hydrogen-bond acceptors (Lipinski definition) is 4. The lowest BCUT2D eigenvalue weighted by atomic mass is 10.1. The summed E-state index contributed by atoms with van der Waals surface area (Å²) in [4.78, 5) is 0. The van der Waals surface area contributed by atoms with Crippen LogP contribution in [0.4, 0.5) is 0 Å². The molecule has 5 heteroatoms. The molecule has 0 aliphatic carbocycles. The van der Waals surface area contributed by atoms with Crippen LogP contribution in [-0.2, 0) is 14.4 Å². The van der Waals surface area contributed by atoms with Gasteiger partial charge in [0.25, 0.3) is 0 Å². The van der Waals surface area contributed by atoms with Crippen LogP contribution in [-0.4, -0.2) is 20.4 Å². The van der Waals surface area contributed by atoms with Crippen LogP contribution in [0.1, 0.15) is 12.5 Å². The Bertz CT molecular complexity index is 557. The van der Waals surface area contributed by atoms with E-state index in [9.17, 15) is 8.42 Å². The zero-order valence-electron chi connectivity index (χ0n) is 10.3. The van der Waals surface area contributed by atoms with Crippen molar-refractivity contribution < 1.29 is 12.7 Å². The van der Waals surface area contributed by atoms with Crippen LogP contribution in [0.15, 0.2) is 59.8 Å². The van der Waals surface area contributed by atoms with Gasteiger partial charge in [0, 0.05) is 5.56 Å². The fourth-order valence-corrected chi connectivity index (χ4v) is 1.37. The molecule has 0 spiro atoms. The van der Waals surface area contributed by atoms with Crippen molar-refractivity contribution in [2.45, 2.75) is 6.92 Å². The van der Waals surface area contributed by atoms with Crippen LogP contribution >= 0.6 is 0 Å². The molecule has 0 atom stereocenters. The molecule has 0 saturated carbocycles. The van der Waals surface area contributed by atoms with E-state index >= 15 is 0 Å². The van der Waals surface area contributed by atoms with Crippen molar-refractivity contribution in [2.24, 2.45) is 5.16 Å². The number of benzene rings is 1. The molecule has 0 fully saturated rings. The van der Waals surface area contributed by atoms with Gasteiger partial charge in [0.05, 0.1) is 6.26 Å². The highest BCUT2D eigenvalue weighted by molar-refractivity contribution is 7.85. The topological polar surface area (TPSA) is 55.7 Å². The quantitative estimate of drug-likeness (QED) is 0.467. The summed E-state index contributed by atoms with van der Waals surface area (Å²) in [5.74, 6) is 0. The number of hydrogen-bond donors (Lipinski definition) is 0. The van der Waals surface area contributed by atoms with E-state index in [-0.39, 0.29) is 0 Å². The number of allylic oxidation sites excluding steroid dienone is 4. The molecule has 96 valence electrons. The fourth-order valence-electron chi connectivity index (χ4n) is 1.15. The van der Waals surface area contributed by atoms with Gasteiger partial charge in [-0.2, -0.15) is 8.42 Å². The highest BCUT2D eigenvalue weighted by Gasteiger charge is 2.03. The molecular weight excluding hydrogens is 250 g/mol. The van der Waals surface area contributed by atoms with Gasteiger partial charge >= 0.3 is 10.1 Å². The van der Waals surface area contributed by atoms with E-state index in [1.165, 1.54) is 0 Å². The van der Waals surface area contributed by atoms with E-state index < -0.39 is 10.1 Å². The first-order chi connectivity index (χ1) is 8.53. The van der Waals surface area contributed by atoms with Crippen LogP contribution in [0.5, 0.6) is 0 Å². The van der Waals surface area contributed by atoms with E-state index in [4.69, 9.17) is 0 Å². The molecule has 0 saturated heterocycles. The van der Waals surface area contributed by atoms with Crippen molar-refractivity contribution in [1.29, 1.82) is 0 Å². The highest BCUT2D eigenvalue weighted by atomic mass is 32.2. The molecule has 0 aliphatic rings. The SMILES string of the molecule is C/C=C/C=C\C(=N/OS(C)(=O)=O)c1ccccc1. The van der Waals surface area contributed by atoms with Crippen molar-refractivity contribution in [3.63, 3.8) is 0 Å². The number of oxime groups is 1. The van der Waals surface area contributed by atoms with Gasteiger partial charge in [-0.05, 0) is 13.0 Å². The van der Waals surface area contributed by atoms with E-state index in [0.717, 1.165) is 11.8 Å². The third kappa shape index (κ3) is 5.45. The first-order valence-corrected chi connectivity index (χ1v) is 7.16. The monoisotopic (exact) mass is 265 g/mol. The van der Waals surface area contributed by atoms with E-state index in [1.54, 1.807) is 12.2 Å². The first kappa shape index (κ1) is 14.2. The zero-order chi connectivity index (χ0) is 13.4. The van der Waals surface area contributed by atoms with Crippen molar-refractivity contribution >= 4 is 15.8 Å². The Morgan fingerprint density at radius 2 is 1.89 bits per heavy atom. The maximum atomic E-state index is 10.9. The molecule has 0 amide bonds. The second kappa shape index (κ2) is 6.76. The Kier molecular flexibility index (Phi) is 5.32. The highest BCUT2D eigenvalue weighted by Crippen LogP contribution is 2.04. The third-order valence-corrected chi connectivity index (χ3v) is 2.24. The van der Waals surface area contributed by atoms with Gasteiger partial charge in [-0.15, -0.1) is 0 Å². The molecule has 0 N–H and O–H groups in total. The molecule has 1 aromatic carbocycles. The van der Waals surface area contributed by atoms with Crippen molar-refractivity contribution in [3.05, 3.63) is 60.2 Å². The van der Waals surface area contributed by atoms with Crippen LogP contribution < -0.4 is 0 Å². The molecule has 1 aromatic rings. The van der Waals surface area contributed by atoms with Crippen molar-refractivity contribution in [3.8, 4) is 0 Å². The van der Waals surface area contributed by atoms with Gasteiger partial charge in [0.2, 0.25) is 0 Å². The summed E-state index contributed by atoms with van der Waals surface area (Å²) in [6.45, 7) is 1.89. The van der Waals surface area contributed by atoms with Crippen molar-refractivity contribution in [2.75, 3.05) is 6.26 Å². The molecule has 0 radical (unpaired) electrons. The second-order valence-corrected chi connectivity index (χ2v) is 5.06. The van der Waals surface area contributed by atoms with Crippen LogP contribution in [0.3, 0.4) is 0 Å². The summed E-state index contributed by atoms with van der Waals surface area (Å²) >= 11 is 0. The van der Waals surface area contributed by atoms with Crippen molar-refractivity contribution in [1.82, 2.24) is 0 Å². The normalized spacial score (nSPS) is 13.3. The van der Waals surface area contributed by atoms with Crippen LogP contribution in [0.2, 0.25) is 0 Å². The van der Waals surface area contributed by atoms with E-state index in [2.05, 4.69) is 9.44 Å². The average Bonchev–Trinajstić information content (AvgIpc) is 2.33. The Hall–Kier alpha value is -1.88. The molecule has 4 nitrogen and oxygen atoms in total. The molecule has 18 heavy (non-hydrogen) atoms. The van der Waals surface area contributed by atoms with Gasteiger partial charge in [-0.25, -0.2) is 0 Å². The average molecular weight is 265 g/mol. The predicted octanol–water partition coefficient (Wildman–Crippen LogP) is 2.50. The van der Waals surface area contributed by atoms with E-state index in [0.29, 0.717) is 5.71 Å². The maximum absolute atomic E-state index is 10.9. The second-order valence-electron chi connectivity index (χ2n) is 3.51. The Balaban J connectivity index is 3.03. The lowest BCUT2D eigenvalue weighted by Crippen LogP contribution is -2.02. The summed E-state index contributed by atoms with van der Waals surface area (Å²) in [5, 5.41) is 3.65. The van der Waals surface area contributed by atoms with E-state index in [1.807, 2.05) is 49.4 Å². The molecule has 0 bridgehead atoms. The third-order valence-electron chi connectivity index (χ3n) is 1.90. The maximum Gasteiger partial charge on any atom is 0.325 e. The van der Waals surface area contributed by atoms with Gasteiger partial charge in [-0.1, -0.05) is 53.7 Å². The Labute approximate surface area is 107 Å². The fraction of sp³-hybridized carbons (Fsp3) is 0.154. The summed E-state index contributed by atoms with van der Waals surface area (Å²) in [6, 6.07) is 9.20. The summed E-state index contributed by atoms with van der Waals surface area (Å²) in [7, 11) is -3.60. The summed E-state index contributed by atoms with van der Waals surface area (Å²) in [5.41, 5.74) is 1.22. The number of rotatable bonds is 5. The molecule has 0 unspecified atom stereocenters.